The highest BCUT2D eigenvalue weighted by Gasteiger charge is 2.20. The van der Waals surface area contributed by atoms with E-state index in [0.29, 0.717) is 19.5 Å². The molecule has 1 aliphatic rings. The predicted molar refractivity (Wildman–Crippen MR) is 120 cm³/mol. The minimum Gasteiger partial charge on any atom is -0.348 e. The molecule has 2 aromatic heterocycles. The average molecular weight is 422 g/mol. The lowest BCUT2D eigenvalue weighted by Crippen LogP contribution is -2.25. The lowest BCUT2D eigenvalue weighted by Gasteiger charge is -2.16. The van der Waals surface area contributed by atoms with Crippen LogP contribution in [0.1, 0.15) is 50.6 Å². The molecule has 6 heteroatoms. The molecular weight excluding hydrogens is 394 g/mol. The second-order valence-corrected chi connectivity index (χ2v) is 8.90. The summed E-state index contributed by atoms with van der Waals surface area (Å²) in [5.41, 5.74) is 4.94. The Bertz CT molecular complexity index is 1050. The van der Waals surface area contributed by atoms with E-state index in [1.54, 1.807) is 11.3 Å². The third-order valence-electron chi connectivity index (χ3n) is 5.70. The molecule has 0 bridgehead atoms. The van der Waals surface area contributed by atoms with Crippen LogP contribution >= 0.6 is 11.3 Å². The number of aromatic nitrogens is 1. The third-order valence-corrected chi connectivity index (χ3v) is 6.56. The molecule has 5 nitrogen and oxygen atoms in total. The van der Waals surface area contributed by atoms with Crippen LogP contribution < -0.4 is 5.32 Å². The van der Waals surface area contributed by atoms with Gasteiger partial charge in [-0.15, -0.1) is 11.3 Å². The number of amides is 2. The number of nitrogens with one attached hydrogen (secondary N) is 1. The first-order valence-corrected chi connectivity index (χ1v) is 11.2. The topological polar surface area (TPSA) is 54.3 Å². The van der Waals surface area contributed by atoms with Crippen molar-refractivity contribution in [1.29, 1.82) is 0 Å². The van der Waals surface area contributed by atoms with Crippen LogP contribution in [0.2, 0.25) is 0 Å². The lowest BCUT2D eigenvalue weighted by atomic mass is 10.1. The van der Waals surface area contributed by atoms with E-state index in [2.05, 4.69) is 33.5 Å². The van der Waals surface area contributed by atoms with Gasteiger partial charge in [0.05, 0.1) is 12.1 Å². The van der Waals surface area contributed by atoms with E-state index in [4.69, 9.17) is 0 Å². The molecule has 156 valence electrons. The van der Waals surface area contributed by atoms with E-state index in [0.717, 1.165) is 47.6 Å². The summed E-state index contributed by atoms with van der Waals surface area (Å²) < 4.78 is 2.19. The molecule has 0 spiro atoms. The minimum absolute atomic E-state index is 0.0550. The summed E-state index contributed by atoms with van der Waals surface area (Å²) in [6.45, 7) is 6.78. The lowest BCUT2D eigenvalue weighted by molar-refractivity contribution is -0.128. The van der Waals surface area contributed by atoms with Crippen LogP contribution in [-0.4, -0.2) is 27.8 Å². The number of aryl methyl sites for hydroxylation is 1. The van der Waals surface area contributed by atoms with Gasteiger partial charge in [-0.2, -0.15) is 0 Å². The summed E-state index contributed by atoms with van der Waals surface area (Å²) in [5.74, 6) is 0.173. The number of thiophene rings is 1. The van der Waals surface area contributed by atoms with Gasteiger partial charge in [-0.05, 0) is 48.9 Å². The van der Waals surface area contributed by atoms with Crippen molar-refractivity contribution in [1.82, 2.24) is 14.8 Å². The number of carbonyl (C=O) groups excluding carboxylic acids is 2. The smallest absolute Gasteiger partial charge is 0.253 e. The largest absolute Gasteiger partial charge is 0.348 e. The average Bonchev–Trinajstić information content (AvgIpc) is 3.45. The second-order valence-electron chi connectivity index (χ2n) is 7.87. The molecule has 4 rings (SSSR count). The van der Waals surface area contributed by atoms with E-state index in [-0.39, 0.29) is 11.8 Å². The molecule has 0 radical (unpaired) electrons. The monoisotopic (exact) mass is 421 g/mol. The van der Waals surface area contributed by atoms with Crippen molar-refractivity contribution in [2.24, 2.45) is 0 Å². The molecule has 0 unspecified atom stereocenters. The van der Waals surface area contributed by atoms with Gasteiger partial charge in [0.1, 0.15) is 0 Å². The molecule has 2 amide bonds. The van der Waals surface area contributed by atoms with Crippen LogP contribution in [0.4, 0.5) is 0 Å². The van der Waals surface area contributed by atoms with Crippen LogP contribution in [0.25, 0.3) is 0 Å². The first-order chi connectivity index (χ1) is 14.5. The van der Waals surface area contributed by atoms with Crippen LogP contribution in [-0.2, 0) is 24.4 Å². The Balaban J connectivity index is 1.40. The van der Waals surface area contributed by atoms with Crippen LogP contribution in [0.5, 0.6) is 0 Å². The third kappa shape index (κ3) is 4.49. The van der Waals surface area contributed by atoms with Crippen molar-refractivity contribution in [2.75, 3.05) is 6.54 Å². The zero-order valence-electron chi connectivity index (χ0n) is 17.5. The van der Waals surface area contributed by atoms with Crippen molar-refractivity contribution < 1.29 is 9.59 Å². The van der Waals surface area contributed by atoms with Gasteiger partial charge in [-0.3, -0.25) is 9.59 Å². The van der Waals surface area contributed by atoms with Crippen LogP contribution in [0.3, 0.4) is 0 Å². The molecule has 1 N–H and O–H groups in total. The van der Waals surface area contributed by atoms with E-state index in [9.17, 15) is 9.59 Å². The Morgan fingerprint density at radius 2 is 1.93 bits per heavy atom. The first-order valence-electron chi connectivity index (χ1n) is 10.3. The molecule has 0 atom stereocenters. The Morgan fingerprint density at radius 3 is 2.67 bits per heavy atom. The second kappa shape index (κ2) is 8.88. The SMILES string of the molecule is Cc1cc(C(=O)NCc2cccc(CN3CCCC3=O)c2)c(C)n1Cc1cccs1. The van der Waals surface area contributed by atoms with Crippen molar-refractivity contribution >= 4 is 23.2 Å². The van der Waals surface area contributed by atoms with E-state index in [1.807, 2.05) is 43.0 Å². The summed E-state index contributed by atoms with van der Waals surface area (Å²) in [7, 11) is 0. The number of hydrogen-bond donors (Lipinski definition) is 1. The minimum atomic E-state index is -0.0550. The number of rotatable bonds is 7. The van der Waals surface area contributed by atoms with Crippen molar-refractivity contribution in [3.8, 4) is 0 Å². The standard InChI is InChI=1S/C24H27N3O2S/c1-17-12-22(18(2)27(17)16-21-8-5-11-30-21)24(29)25-14-19-6-3-7-20(13-19)15-26-10-4-9-23(26)28/h3,5-8,11-13H,4,9-10,14-16H2,1-2H3,(H,25,29). The maximum absolute atomic E-state index is 12.8. The predicted octanol–water partition coefficient (Wildman–Crippen LogP) is 4.27. The Labute approximate surface area is 181 Å². The highest BCUT2D eigenvalue weighted by Crippen LogP contribution is 2.20. The molecule has 1 saturated heterocycles. The van der Waals surface area contributed by atoms with Crippen LogP contribution in [0.15, 0.2) is 47.8 Å². The van der Waals surface area contributed by atoms with Crippen molar-refractivity contribution in [2.45, 2.75) is 46.3 Å². The Hall–Kier alpha value is -2.86. The summed E-state index contributed by atoms with van der Waals surface area (Å²) in [6, 6.07) is 14.2. The Kier molecular flexibility index (Phi) is 6.04. The van der Waals surface area contributed by atoms with Gasteiger partial charge < -0.3 is 14.8 Å². The fourth-order valence-electron chi connectivity index (χ4n) is 4.04. The molecule has 1 aliphatic heterocycles. The zero-order chi connectivity index (χ0) is 21.1. The molecule has 3 heterocycles. The first kappa shape index (κ1) is 20.4. The summed E-state index contributed by atoms with van der Waals surface area (Å²) >= 11 is 1.73. The van der Waals surface area contributed by atoms with Gasteiger partial charge >= 0.3 is 0 Å². The molecule has 0 aliphatic carbocycles. The quantitative estimate of drug-likeness (QED) is 0.619. The highest BCUT2D eigenvalue weighted by atomic mass is 32.1. The summed E-state index contributed by atoms with van der Waals surface area (Å²) in [5, 5.41) is 5.13. The molecule has 1 fully saturated rings. The number of carbonyl (C=O) groups is 2. The van der Waals surface area contributed by atoms with Gasteiger partial charge in [-0.25, -0.2) is 0 Å². The van der Waals surface area contributed by atoms with Gasteiger partial charge in [0, 0.05) is 42.3 Å². The van der Waals surface area contributed by atoms with E-state index >= 15 is 0 Å². The fourth-order valence-corrected chi connectivity index (χ4v) is 4.73. The maximum atomic E-state index is 12.8. The molecular formula is C24H27N3O2S. The van der Waals surface area contributed by atoms with E-state index < -0.39 is 0 Å². The number of nitrogens with zero attached hydrogens (tertiary/aromatic N) is 2. The van der Waals surface area contributed by atoms with Gasteiger partial charge in [-0.1, -0.05) is 30.3 Å². The Morgan fingerprint density at radius 1 is 1.10 bits per heavy atom. The molecule has 30 heavy (non-hydrogen) atoms. The fraction of sp³-hybridized carbons (Fsp3) is 0.333. The van der Waals surface area contributed by atoms with Gasteiger partial charge in [0.25, 0.3) is 5.91 Å². The van der Waals surface area contributed by atoms with Crippen LogP contribution in [0, 0.1) is 13.8 Å². The highest BCUT2D eigenvalue weighted by molar-refractivity contribution is 7.09. The number of benzene rings is 1. The number of likely N-dealkylation sites (tertiary alicyclic amines) is 1. The molecule has 0 saturated carbocycles. The van der Waals surface area contributed by atoms with Gasteiger partial charge in [0.2, 0.25) is 5.91 Å². The maximum Gasteiger partial charge on any atom is 0.253 e. The molecule has 3 aromatic rings. The summed E-state index contributed by atoms with van der Waals surface area (Å²) in [6.07, 6.45) is 1.60. The van der Waals surface area contributed by atoms with Crippen molar-refractivity contribution in [3.63, 3.8) is 0 Å². The normalized spacial score (nSPS) is 13.8. The zero-order valence-corrected chi connectivity index (χ0v) is 18.3. The van der Waals surface area contributed by atoms with E-state index in [1.165, 1.54) is 4.88 Å². The van der Waals surface area contributed by atoms with Crippen molar-refractivity contribution in [3.05, 3.63) is 80.8 Å². The van der Waals surface area contributed by atoms with Gasteiger partial charge in [0.15, 0.2) is 0 Å². The number of hydrogen-bond acceptors (Lipinski definition) is 3. The summed E-state index contributed by atoms with van der Waals surface area (Å²) in [4.78, 5) is 27.9. The molecule has 1 aromatic carbocycles.